The fourth-order valence-corrected chi connectivity index (χ4v) is 3.73. The molecule has 1 aromatic carbocycles. The van der Waals surface area contributed by atoms with Crippen molar-refractivity contribution >= 4 is 46.4 Å². The van der Waals surface area contributed by atoms with E-state index in [1.807, 2.05) is 0 Å². The first-order valence-electron chi connectivity index (χ1n) is 9.01. The van der Waals surface area contributed by atoms with Crippen LogP contribution in [-0.2, 0) is 28.9 Å². The number of rotatable bonds is 7. The van der Waals surface area contributed by atoms with Crippen molar-refractivity contribution in [1.29, 1.82) is 0 Å². The van der Waals surface area contributed by atoms with E-state index in [1.54, 1.807) is 0 Å². The molecule has 1 aromatic rings. The van der Waals surface area contributed by atoms with Crippen LogP contribution in [0.15, 0.2) is 29.2 Å². The Bertz CT molecular complexity index is 973. The zero-order valence-electron chi connectivity index (χ0n) is 16.4. The molecule has 1 heterocycles. The molecular weight excluding hydrogens is 453 g/mol. The molecule has 1 atom stereocenters. The number of nitro groups is 1. The van der Waals surface area contributed by atoms with Crippen LogP contribution in [0.1, 0.15) is 12.8 Å². The summed E-state index contributed by atoms with van der Waals surface area (Å²) in [5, 5.41) is 10.8. The lowest BCUT2D eigenvalue weighted by Gasteiger charge is -2.25. The van der Waals surface area contributed by atoms with E-state index in [2.05, 4.69) is 16.6 Å². The standard InChI is InChI=1S/C17H19BClN3O8S/c1-21-11-16(23)29-18(30-17(24)12-21)15(5-3-2-4-10-19)20-31(27,28)14-8-6-13(7-9-14)22(25)26/h6-9,15,20H,2,4,10-12H2,1H3. The number of unbranched alkanes of at least 4 members (excludes halogenated alkanes) is 1. The van der Waals surface area contributed by atoms with Gasteiger partial charge in [0.1, 0.15) is 5.94 Å². The Kier molecular flexibility index (Phi) is 8.82. The van der Waals surface area contributed by atoms with Crippen molar-refractivity contribution in [3.8, 4) is 11.8 Å². The van der Waals surface area contributed by atoms with Crippen molar-refractivity contribution in [2.45, 2.75) is 23.7 Å². The number of likely N-dealkylation sites (N-methyl/N-ethyl adjacent to an activating group) is 1. The highest BCUT2D eigenvalue weighted by Crippen LogP contribution is 2.17. The predicted octanol–water partition coefficient (Wildman–Crippen LogP) is 0.323. The number of carbonyl (C=O) groups excluding carboxylic acids is 2. The lowest BCUT2D eigenvalue weighted by atomic mass is 9.78. The zero-order valence-corrected chi connectivity index (χ0v) is 18.0. The minimum atomic E-state index is -4.25. The summed E-state index contributed by atoms with van der Waals surface area (Å²) in [4.78, 5) is 35.2. The molecule has 1 saturated heterocycles. The SMILES string of the molecule is CN1CC(=O)OB(C(C#CCCCCl)NS(=O)(=O)c2ccc([N+](=O)[O-])cc2)OC(=O)C1. The summed E-state index contributed by atoms with van der Waals surface area (Å²) in [6, 6.07) is 4.15. The van der Waals surface area contributed by atoms with E-state index in [1.165, 1.54) is 11.9 Å². The molecule has 166 valence electrons. The van der Waals surface area contributed by atoms with E-state index in [-0.39, 0.29) is 23.7 Å². The van der Waals surface area contributed by atoms with Crippen LogP contribution in [0.4, 0.5) is 5.69 Å². The van der Waals surface area contributed by atoms with Gasteiger partial charge in [0.05, 0.1) is 22.9 Å². The summed E-state index contributed by atoms with van der Waals surface area (Å²) in [6.45, 7) is -0.403. The van der Waals surface area contributed by atoms with Crippen LogP contribution in [0.3, 0.4) is 0 Å². The van der Waals surface area contributed by atoms with E-state index in [4.69, 9.17) is 20.9 Å². The Morgan fingerprint density at radius 2 is 1.84 bits per heavy atom. The summed E-state index contributed by atoms with van der Waals surface area (Å²) in [7, 11) is -4.36. The van der Waals surface area contributed by atoms with Crippen LogP contribution in [0.25, 0.3) is 0 Å². The van der Waals surface area contributed by atoms with E-state index in [0.29, 0.717) is 18.7 Å². The number of nitro benzene ring substituents is 1. The number of nitrogens with one attached hydrogen (secondary N) is 1. The highest BCUT2D eigenvalue weighted by molar-refractivity contribution is 7.89. The third-order valence-electron chi connectivity index (χ3n) is 3.90. The van der Waals surface area contributed by atoms with Gasteiger partial charge in [-0.05, 0) is 25.6 Å². The molecule has 0 aromatic heterocycles. The van der Waals surface area contributed by atoms with Gasteiger partial charge < -0.3 is 9.31 Å². The van der Waals surface area contributed by atoms with E-state index in [0.717, 1.165) is 24.3 Å². The number of sulfonamides is 1. The van der Waals surface area contributed by atoms with Gasteiger partial charge in [-0.2, -0.15) is 4.72 Å². The first kappa shape index (κ1) is 24.6. The molecule has 1 unspecified atom stereocenters. The van der Waals surface area contributed by atoms with Crippen LogP contribution in [-0.4, -0.2) is 69.3 Å². The van der Waals surface area contributed by atoms with Crippen molar-refractivity contribution in [2.75, 3.05) is 26.0 Å². The Morgan fingerprint density at radius 1 is 1.26 bits per heavy atom. The maximum absolute atomic E-state index is 12.8. The summed E-state index contributed by atoms with van der Waals surface area (Å²) >= 11 is 5.61. The maximum atomic E-state index is 12.8. The molecule has 31 heavy (non-hydrogen) atoms. The van der Waals surface area contributed by atoms with Gasteiger partial charge in [-0.25, -0.2) is 8.42 Å². The van der Waals surface area contributed by atoms with Crippen molar-refractivity contribution in [1.82, 2.24) is 9.62 Å². The summed E-state index contributed by atoms with van der Waals surface area (Å²) in [6.07, 6.45) is 0.863. The fourth-order valence-electron chi connectivity index (χ4n) is 2.46. The molecular formula is C17H19BClN3O8S. The van der Waals surface area contributed by atoms with Crippen molar-refractivity contribution in [2.24, 2.45) is 0 Å². The minimum Gasteiger partial charge on any atom is -0.497 e. The number of halogens is 1. The van der Waals surface area contributed by atoms with Crippen molar-refractivity contribution in [3.63, 3.8) is 0 Å². The lowest BCUT2D eigenvalue weighted by Crippen LogP contribution is -2.53. The molecule has 11 nitrogen and oxygen atoms in total. The zero-order chi connectivity index (χ0) is 23.0. The van der Waals surface area contributed by atoms with Crippen LogP contribution < -0.4 is 4.72 Å². The lowest BCUT2D eigenvalue weighted by molar-refractivity contribution is -0.384. The third-order valence-corrected chi connectivity index (χ3v) is 5.62. The minimum absolute atomic E-state index is 0.201. The molecule has 0 aliphatic carbocycles. The quantitative estimate of drug-likeness (QED) is 0.148. The Morgan fingerprint density at radius 3 is 2.35 bits per heavy atom. The molecule has 0 amide bonds. The second-order valence-corrected chi connectivity index (χ2v) is 8.58. The van der Waals surface area contributed by atoms with Gasteiger partial charge in [0.2, 0.25) is 10.0 Å². The van der Waals surface area contributed by atoms with Crippen LogP contribution in [0.2, 0.25) is 0 Å². The summed E-state index contributed by atoms with van der Waals surface area (Å²) in [5.41, 5.74) is -0.289. The molecule has 0 spiro atoms. The topological polar surface area (TPSA) is 145 Å². The first-order chi connectivity index (χ1) is 14.6. The number of nitrogens with zero attached hydrogens (tertiary/aromatic N) is 2. The number of carbonyl (C=O) groups is 2. The van der Waals surface area contributed by atoms with Gasteiger partial charge in [-0.1, -0.05) is 5.92 Å². The van der Waals surface area contributed by atoms with E-state index >= 15 is 0 Å². The molecule has 1 aliphatic rings. The van der Waals surface area contributed by atoms with Gasteiger partial charge in [-0.15, -0.1) is 17.5 Å². The normalized spacial score (nSPS) is 16.3. The van der Waals surface area contributed by atoms with Gasteiger partial charge in [0, 0.05) is 24.4 Å². The highest BCUT2D eigenvalue weighted by Gasteiger charge is 2.41. The number of benzene rings is 1. The molecule has 2 rings (SSSR count). The second-order valence-electron chi connectivity index (χ2n) is 6.48. The Hall–Kier alpha value is -2.66. The number of hydrogen-bond acceptors (Lipinski definition) is 9. The molecule has 1 fully saturated rings. The summed E-state index contributed by atoms with van der Waals surface area (Å²) in [5.74, 6) is 2.78. The van der Waals surface area contributed by atoms with Crippen molar-refractivity contribution in [3.05, 3.63) is 34.4 Å². The van der Waals surface area contributed by atoms with Crippen molar-refractivity contribution < 1.29 is 32.2 Å². The van der Waals surface area contributed by atoms with Gasteiger partial charge in [-0.3, -0.25) is 24.6 Å². The molecule has 0 radical (unpaired) electrons. The average Bonchev–Trinajstić information content (AvgIpc) is 2.68. The van der Waals surface area contributed by atoms with E-state index in [9.17, 15) is 28.1 Å². The monoisotopic (exact) mass is 471 g/mol. The third kappa shape index (κ3) is 7.52. The van der Waals surface area contributed by atoms with Crippen LogP contribution in [0, 0.1) is 22.0 Å². The van der Waals surface area contributed by atoms with Gasteiger partial charge >= 0.3 is 19.1 Å². The highest BCUT2D eigenvalue weighted by atomic mass is 35.5. The smallest absolute Gasteiger partial charge is 0.497 e. The number of hydrogen-bond donors (Lipinski definition) is 1. The molecule has 0 bridgehead atoms. The average molecular weight is 472 g/mol. The molecule has 1 aliphatic heterocycles. The predicted molar refractivity (Wildman–Crippen MR) is 110 cm³/mol. The van der Waals surface area contributed by atoms with Gasteiger partial charge in [0.25, 0.3) is 5.69 Å². The summed E-state index contributed by atoms with van der Waals surface area (Å²) < 4.78 is 38.0. The molecule has 1 N–H and O–H groups in total. The fraction of sp³-hybridized carbons (Fsp3) is 0.412. The van der Waals surface area contributed by atoms with E-state index < -0.39 is 39.9 Å². The molecule has 14 heteroatoms. The maximum Gasteiger partial charge on any atom is 0.631 e. The Balaban J connectivity index is 2.31. The number of non-ortho nitro benzene ring substituents is 1. The first-order valence-corrected chi connectivity index (χ1v) is 11.0. The molecule has 0 saturated carbocycles. The van der Waals surface area contributed by atoms with Gasteiger partial charge in [0.15, 0.2) is 0 Å². The number of alkyl halides is 1. The van der Waals surface area contributed by atoms with Crippen LogP contribution >= 0.6 is 11.6 Å². The van der Waals surface area contributed by atoms with Crippen LogP contribution in [0.5, 0.6) is 0 Å². The largest absolute Gasteiger partial charge is 0.631 e. The Labute approximate surface area is 184 Å². The second kappa shape index (κ2) is 11.1.